The van der Waals surface area contributed by atoms with Gasteiger partial charge < -0.3 is 18.8 Å². The maximum Gasteiger partial charge on any atom is 0.319 e. The van der Waals surface area contributed by atoms with Crippen molar-refractivity contribution in [1.82, 2.24) is 0 Å². The fourth-order valence-electron chi connectivity index (χ4n) is 1.65. The molecule has 0 aliphatic carbocycles. The van der Waals surface area contributed by atoms with Crippen LogP contribution in [0.15, 0.2) is 43.0 Å². The first-order valence-corrected chi connectivity index (χ1v) is 7.76. The number of likely N-dealkylation sites (N-methyl/N-ethyl adjacent to an activating group) is 1. The van der Waals surface area contributed by atoms with Crippen LogP contribution in [0.1, 0.15) is 12.5 Å². The Morgan fingerprint density at radius 1 is 1.43 bits per heavy atom. The van der Waals surface area contributed by atoms with Gasteiger partial charge in [-0.1, -0.05) is 36.9 Å². The molecule has 1 atom stereocenters. The molecule has 0 aromatic heterocycles. The lowest BCUT2D eigenvalue weighted by Crippen LogP contribution is -2.38. The van der Waals surface area contributed by atoms with Crippen LogP contribution in [-0.2, 0) is 20.4 Å². The van der Waals surface area contributed by atoms with Gasteiger partial charge in [-0.15, -0.1) is 0 Å². The lowest BCUT2D eigenvalue weighted by molar-refractivity contribution is -0.897. The first-order chi connectivity index (χ1) is 9.56. The van der Waals surface area contributed by atoms with Gasteiger partial charge in [0, 0.05) is 12.5 Å². The van der Waals surface area contributed by atoms with E-state index < -0.39 is 13.8 Å². The topological polar surface area (TPSA) is 86.7 Å². The second kappa shape index (κ2) is 8.74. The van der Waals surface area contributed by atoms with Gasteiger partial charge in [-0.25, -0.2) is 0 Å². The van der Waals surface area contributed by atoms with Gasteiger partial charge in [0.1, 0.15) is 6.54 Å². The standard InChI is InChI=1S/C12H18N.C2H5O5P/c1-4-10-13(2,3)11-12-8-6-5-7-9-12;1-2(3)7-8(4,5)6/h4-9H,1,10-11H2,2-3H3;1H3,(H2,4,5,6)/q+1;/p-1. The molecule has 0 radical (unpaired) electrons. The van der Waals surface area contributed by atoms with Crippen molar-refractivity contribution in [2.24, 2.45) is 0 Å². The molecule has 0 amide bonds. The van der Waals surface area contributed by atoms with Crippen molar-refractivity contribution >= 4 is 13.8 Å². The number of benzene rings is 1. The molecule has 0 bridgehead atoms. The lowest BCUT2D eigenvalue weighted by atomic mass is 10.2. The van der Waals surface area contributed by atoms with Gasteiger partial charge in [-0.3, -0.25) is 9.36 Å². The molecule has 6 nitrogen and oxygen atoms in total. The molecule has 1 aromatic rings. The summed E-state index contributed by atoms with van der Waals surface area (Å²) in [7, 11) is -0.387. The fraction of sp³-hybridized carbons (Fsp3) is 0.357. The van der Waals surface area contributed by atoms with E-state index in [1.165, 1.54) is 5.56 Å². The summed E-state index contributed by atoms with van der Waals surface area (Å²) in [4.78, 5) is 27.0. The largest absolute Gasteiger partial charge is 0.746 e. The van der Waals surface area contributed by atoms with E-state index in [4.69, 9.17) is 4.89 Å². The number of nitrogens with zero attached hydrogens (tertiary/aromatic N) is 1. The molecule has 0 heterocycles. The number of hydrogen-bond donors (Lipinski definition) is 1. The van der Waals surface area contributed by atoms with Crippen LogP contribution in [0.4, 0.5) is 0 Å². The lowest BCUT2D eigenvalue weighted by Gasteiger charge is -2.28. The Labute approximate surface area is 125 Å². The monoisotopic (exact) mass is 315 g/mol. The maximum atomic E-state index is 9.70. The van der Waals surface area contributed by atoms with E-state index in [-0.39, 0.29) is 0 Å². The van der Waals surface area contributed by atoms with Gasteiger partial charge in [0.2, 0.25) is 0 Å². The number of carbonyl (C=O) groups excluding carboxylic acids is 1. The van der Waals surface area contributed by atoms with Gasteiger partial charge >= 0.3 is 13.8 Å². The van der Waals surface area contributed by atoms with Crippen molar-refractivity contribution in [2.45, 2.75) is 13.5 Å². The molecule has 0 saturated carbocycles. The highest BCUT2D eigenvalue weighted by atomic mass is 31.2. The number of rotatable bonds is 5. The summed E-state index contributed by atoms with van der Waals surface area (Å²) >= 11 is 0. The first-order valence-electron chi connectivity index (χ1n) is 6.26. The van der Waals surface area contributed by atoms with Crippen LogP contribution in [0.5, 0.6) is 0 Å². The summed E-state index contributed by atoms with van der Waals surface area (Å²) in [5.74, 6) is -1.05. The quantitative estimate of drug-likeness (QED) is 0.505. The summed E-state index contributed by atoms with van der Waals surface area (Å²) < 4.78 is 13.9. The van der Waals surface area contributed by atoms with Crippen LogP contribution in [0.2, 0.25) is 0 Å². The van der Waals surface area contributed by atoms with Crippen molar-refractivity contribution in [2.75, 3.05) is 20.6 Å². The van der Waals surface area contributed by atoms with Crippen LogP contribution < -0.4 is 4.89 Å². The maximum absolute atomic E-state index is 9.70. The van der Waals surface area contributed by atoms with Crippen LogP contribution in [0.25, 0.3) is 0 Å². The Morgan fingerprint density at radius 2 is 1.95 bits per heavy atom. The third-order valence-corrected chi connectivity index (χ3v) is 2.81. The van der Waals surface area contributed by atoms with Crippen LogP contribution in [-0.4, -0.2) is 36.0 Å². The van der Waals surface area contributed by atoms with Crippen molar-refractivity contribution in [1.29, 1.82) is 0 Å². The second-order valence-electron chi connectivity index (χ2n) is 5.10. The number of phosphoric acid groups is 1. The predicted molar refractivity (Wildman–Crippen MR) is 78.9 cm³/mol. The molecule has 1 N–H and O–H groups in total. The summed E-state index contributed by atoms with van der Waals surface area (Å²) in [5, 5.41) is 0. The van der Waals surface area contributed by atoms with Gasteiger partial charge in [0.15, 0.2) is 0 Å². The number of phosphoric ester groups is 1. The minimum Gasteiger partial charge on any atom is -0.746 e. The van der Waals surface area contributed by atoms with Crippen molar-refractivity contribution in [3.05, 3.63) is 48.6 Å². The van der Waals surface area contributed by atoms with Gasteiger partial charge in [-0.2, -0.15) is 0 Å². The van der Waals surface area contributed by atoms with Crippen LogP contribution in [0, 0.1) is 0 Å². The minimum absolute atomic E-state index is 0.876. The molecule has 0 spiro atoms. The van der Waals surface area contributed by atoms with E-state index in [0.29, 0.717) is 0 Å². The summed E-state index contributed by atoms with van der Waals surface area (Å²) in [6, 6.07) is 10.6. The summed E-state index contributed by atoms with van der Waals surface area (Å²) in [6.45, 7) is 6.72. The van der Waals surface area contributed by atoms with E-state index in [0.717, 1.165) is 24.5 Å². The van der Waals surface area contributed by atoms with Crippen molar-refractivity contribution in [3.63, 3.8) is 0 Å². The predicted octanol–water partition coefficient (Wildman–Crippen LogP) is 1.46. The Kier molecular flexibility index (Phi) is 8.14. The molecule has 1 unspecified atom stereocenters. The minimum atomic E-state index is -4.82. The van der Waals surface area contributed by atoms with E-state index in [9.17, 15) is 14.3 Å². The first kappa shape index (κ1) is 19.5. The summed E-state index contributed by atoms with van der Waals surface area (Å²) in [6.07, 6.45) is 1.98. The van der Waals surface area contributed by atoms with Crippen molar-refractivity contribution < 1.29 is 28.2 Å². The normalized spacial score (nSPS) is 13.4. The Bertz CT molecular complexity index is 495. The van der Waals surface area contributed by atoms with E-state index in [1.54, 1.807) is 0 Å². The van der Waals surface area contributed by atoms with E-state index >= 15 is 0 Å². The molecule has 0 fully saturated rings. The van der Waals surface area contributed by atoms with Crippen LogP contribution >= 0.6 is 7.82 Å². The molecule has 118 valence electrons. The molecular weight excluding hydrogens is 293 g/mol. The van der Waals surface area contributed by atoms with E-state index in [2.05, 4.69) is 55.5 Å². The average molecular weight is 315 g/mol. The zero-order chi connectivity index (χ0) is 16.5. The van der Waals surface area contributed by atoms with Gasteiger partial charge in [-0.05, 0) is 6.08 Å². The number of hydrogen-bond acceptors (Lipinski definition) is 4. The molecule has 1 aromatic carbocycles. The Balaban J connectivity index is 0.000000433. The molecule has 0 aliphatic heterocycles. The van der Waals surface area contributed by atoms with Crippen molar-refractivity contribution in [3.8, 4) is 0 Å². The third kappa shape index (κ3) is 12.0. The van der Waals surface area contributed by atoms with Crippen LogP contribution in [0.3, 0.4) is 0 Å². The third-order valence-electron chi connectivity index (χ3n) is 2.32. The SMILES string of the molecule is C=CC[N+](C)(C)Cc1ccccc1.CC(=O)OP(=O)([O-])O. The zero-order valence-electron chi connectivity index (χ0n) is 12.6. The number of carbonyl (C=O) groups is 1. The van der Waals surface area contributed by atoms with Gasteiger partial charge in [0.25, 0.3) is 0 Å². The highest BCUT2D eigenvalue weighted by Crippen LogP contribution is 2.29. The second-order valence-corrected chi connectivity index (χ2v) is 6.22. The fourth-order valence-corrected chi connectivity index (χ4v) is 1.98. The van der Waals surface area contributed by atoms with Gasteiger partial charge in [0.05, 0.1) is 20.6 Å². The molecule has 0 saturated heterocycles. The molecular formula is C14H22NO5P. The molecule has 1 rings (SSSR count). The molecule has 21 heavy (non-hydrogen) atoms. The highest BCUT2D eigenvalue weighted by Gasteiger charge is 2.12. The Hall–Kier alpha value is -1.46. The molecule has 7 heteroatoms. The zero-order valence-corrected chi connectivity index (χ0v) is 13.5. The number of quaternary nitrogens is 1. The summed E-state index contributed by atoms with van der Waals surface area (Å²) in [5.41, 5.74) is 1.38. The Morgan fingerprint density at radius 3 is 2.29 bits per heavy atom. The molecule has 0 aliphatic rings. The average Bonchev–Trinajstić information content (AvgIpc) is 2.26. The smallest absolute Gasteiger partial charge is 0.319 e. The highest BCUT2D eigenvalue weighted by molar-refractivity contribution is 7.45. The van der Waals surface area contributed by atoms with E-state index in [1.807, 2.05) is 6.08 Å².